The van der Waals surface area contributed by atoms with Crippen molar-refractivity contribution < 1.29 is 0 Å². The first kappa shape index (κ1) is 11.2. The fraction of sp³-hybridized carbons (Fsp3) is 0.667. The molecule has 1 aliphatic carbocycles. The maximum Gasteiger partial charge on any atom is 0.134 e. The third-order valence-electron chi connectivity index (χ3n) is 2.76. The van der Waals surface area contributed by atoms with E-state index in [0.29, 0.717) is 6.04 Å². The summed E-state index contributed by atoms with van der Waals surface area (Å²) in [5, 5.41) is 6.82. The lowest BCUT2D eigenvalue weighted by atomic mass is 10.2. The molecule has 16 heavy (non-hydrogen) atoms. The molecule has 1 heterocycles. The standard InChI is InChI=1S/C12H20N4/c1-3-7-13-11-10(4-2)12(15-8-14-11)16-9-5-6-9/h8-9H,3-7H2,1-2H3,(H2,13,14,15,16). The largest absolute Gasteiger partial charge is 0.370 e. The summed E-state index contributed by atoms with van der Waals surface area (Å²) in [6.45, 7) is 5.27. The van der Waals surface area contributed by atoms with Gasteiger partial charge in [0.25, 0.3) is 0 Å². The molecule has 1 aromatic rings. The Kier molecular flexibility index (Phi) is 3.59. The van der Waals surface area contributed by atoms with Crippen molar-refractivity contribution in [3.63, 3.8) is 0 Å². The number of hydrogen-bond acceptors (Lipinski definition) is 4. The van der Waals surface area contributed by atoms with Crippen molar-refractivity contribution in [1.82, 2.24) is 9.97 Å². The van der Waals surface area contributed by atoms with Crippen molar-refractivity contribution in [2.45, 2.75) is 45.6 Å². The summed E-state index contributed by atoms with van der Waals surface area (Å²) < 4.78 is 0. The van der Waals surface area contributed by atoms with E-state index in [9.17, 15) is 0 Å². The van der Waals surface area contributed by atoms with Gasteiger partial charge in [-0.05, 0) is 25.7 Å². The summed E-state index contributed by atoms with van der Waals surface area (Å²) in [7, 11) is 0. The van der Waals surface area contributed by atoms with E-state index in [0.717, 1.165) is 31.0 Å². The first-order valence-corrected chi connectivity index (χ1v) is 6.19. The topological polar surface area (TPSA) is 49.8 Å². The number of nitrogens with zero attached hydrogens (tertiary/aromatic N) is 2. The van der Waals surface area contributed by atoms with Crippen molar-refractivity contribution in [2.24, 2.45) is 0 Å². The van der Waals surface area contributed by atoms with Gasteiger partial charge in [0.1, 0.15) is 18.0 Å². The first-order valence-electron chi connectivity index (χ1n) is 6.19. The van der Waals surface area contributed by atoms with Gasteiger partial charge in [-0.15, -0.1) is 0 Å². The molecule has 1 fully saturated rings. The number of hydrogen-bond donors (Lipinski definition) is 2. The highest BCUT2D eigenvalue weighted by Gasteiger charge is 2.23. The van der Waals surface area contributed by atoms with Gasteiger partial charge in [0, 0.05) is 18.2 Å². The van der Waals surface area contributed by atoms with E-state index in [-0.39, 0.29) is 0 Å². The molecule has 0 aliphatic heterocycles. The molecule has 4 nitrogen and oxygen atoms in total. The van der Waals surface area contributed by atoms with Crippen LogP contribution >= 0.6 is 0 Å². The zero-order valence-electron chi connectivity index (χ0n) is 10.1. The minimum absolute atomic E-state index is 0.638. The monoisotopic (exact) mass is 220 g/mol. The first-order chi connectivity index (χ1) is 7.85. The van der Waals surface area contributed by atoms with Gasteiger partial charge in [0.05, 0.1) is 0 Å². The molecule has 1 saturated carbocycles. The second-order valence-electron chi connectivity index (χ2n) is 4.25. The van der Waals surface area contributed by atoms with Crippen molar-refractivity contribution in [3.8, 4) is 0 Å². The fourth-order valence-corrected chi connectivity index (χ4v) is 1.69. The van der Waals surface area contributed by atoms with E-state index >= 15 is 0 Å². The van der Waals surface area contributed by atoms with Gasteiger partial charge in [-0.1, -0.05) is 13.8 Å². The molecule has 0 amide bonds. The molecule has 88 valence electrons. The lowest BCUT2D eigenvalue weighted by Crippen LogP contribution is -2.11. The van der Waals surface area contributed by atoms with Crippen LogP contribution in [-0.2, 0) is 6.42 Å². The fourth-order valence-electron chi connectivity index (χ4n) is 1.69. The van der Waals surface area contributed by atoms with Gasteiger partial charge < -0.3 is 10.6 Å². The molecule has 1 aromatic heterocycles. The average molecular weight is 220 g/mol. The van der Waals surface area contributed by atoms with E-state index in [2.05, 4.69) is 34.4 Å². The molecular weight excluding hydrogens is 200 g/mol. The number of nitrogens with one attached hydrogen (secondary N) is 2. The molecule has 0 atom stereocenters. The van der Waals surface area contributed by atoms with E-state index < -0.39 is 0 Å². The average Bonchev–Trinajstić information content (AvgIpc) is 3.10. The lowest BCUT2D eigenvalue weighted by molar-refractivity contribution is 0.944. The van der Waals surface area contributed by atoms with Gasteiger partial charge in [-0.2, -0.15) is 0 Å². The number of rotatable bonds is 6. The highest BCUT2D eigenvalue weighted by molar-refractivity contribution is 5.58. The molecule has 0 unspecified atom stereocenters. The van der Waals surface area contributed by atoms with Crippen LogP contribution in [0.15, 0.2) is 6.33 Å². The van der Waals surface area contributed by atoms with E-state index in [1.807, 2.05) is 0 Å². The Balaban J connectivity index is 2.15. The van der Waals surface area contributed by atoms with Crippen molar-refractivity contribution in [1.29, 1.82) is 0 Å². The van der Waals surface area contributed by atoms with Crippen LogP contribution in [0.25, 0.3) is 0 Å². The van der Waals surface area contributed by atoms with Gasteiger partial charge in [-0.3, -0.25) is 0 Å². The second kappa shape index (κ2) is 5.14. The van der Waals surface area contributed by atoms with Crippen LogP contribution in [0.3, 0.4) is 0 Å². The van der Waals surface area contributed by atoms with Crippen LogP contribution in [-0.4, -0.2) is 22.6 Å². The molecule has 1 aliphatic rings. The van der Waals surface area contributed by atoms with Crippen molar-refractivity contribution >= 4 is 11.6 Å². The molecule has 2 rings (SSSR count). The molecule has 0 aromatic carbocycles. The third kappa shape index (κ3) is 2.62. The molecule has 0 bridgehead atoms. The Morgan fingerprint density at radius 2 is 2.00 bits per heavy atom. The summed E-state index contributed by atoms with van der Waals surface area (Å²) in [5.74, 6) is 2.00. The summed E-state index contributed by atoms with van der Waals surface area (Å²) in [5.41, 5.74) is 1.21. The van der Waals surface area contributed by atoms with Crippen LogP contribution in [0.1, 0.15) is 38.7 Å². The van der Waals surface area contributed by atoms with Gasteiger partial charge in [-0.25, -0.2) is 9.97 Å². The van der Waals surface area contributed by atoms with E-state index in [1.54, 1.807) is 6.33 Å². The van der Waals surface area contributed by atoms with Crippen LogP contribution < -0.4 is 10.6 Å². The Morgan fingerprint density at radius 3 is 2.62 bits per heavy atom. The van der Waals surface area contributed by atoms with Crippen LogP contribution in [0.4, 0.5) is 11.6 Å². The molecule has 0 spiro atoms. The minimum Gasteiger partial charge on any atom is -0.370 e. The SMILES string of the molecule is CCCNc1ncnc(NC2CC2)c1CC. The zero-order chi connectivity index (χ0) is 11.4. The van der Waals surface area contributed by atoms with Crippen molar-refractivity contribution in [3.05, 3.63) is 11.9 Å². The van der Waals surface area contributed by atoms with E-state index in [1.165, 1.54) is 18.4 Å². The third-order valence-corrected chi connectivity index (χ3v) is 2.76. The summed E-state index contributed by atoms with van der Waals surface area (Å²) in [6.07, 6.45) is 6.25. The summed E-state index contributed by atoms with van der Waals surface area (Å²) >= 11 is 0. The molecule has 2 N–H and O–H groups in total. The Labute approximate surface area is 96.9 Å². The highest BCUT2D eigenvalue weighted by Crippen LogP contribution is 2.27. The minimum atomic E-state index is 0.638. The number of anilines is 2. The molecule has 4 heteroatoms. The van der Waals surface area contributed by atoms with Crippen LogP contribution in [0, 0.1) is 0 Å². The summed E-state index contributed by atoms with van der Waals surface area (Å²) in [6, 6.07) is 0.638. The van der Waals surface area contributed by atoms with Crippen molar-refractivity contribution in [2.75, 3.05) is 17.2 Å². The van der Waals surface area contributed by atoms with Gasteiger partial charge in [0.2, 0.25) is 0 Å². The summed E-state index contributed by atoms with van der Waals surface area (Å²) in [4.78, 5) is 8.65. The Hall–Kier alpha value is -1.32. The lowest BCUT2D eigenvalue weighted by Gasteiger charge is -2.13. The predicted octanol–water partition coefficient (Wildman–Crippen LogP) is 2.44. The molecule has 0 radical (unpaired) electrons. The van der Waals surface area contributed by atoms with Gasteiger partial charge >= 0.3 is 0 Å². The highest BCUT2D eigenvalue weighted by atomic mass is 15.1. The second-order valence-corrected chi connectivity index (χ2v) is 4.25. The van der Waals surface area contributed by atoms with E-state index in [4.69, 9.17) is 0 Å². The quantitative estimate of drug-likeness (QED) is 0.773. The number of aromatic nitrogens is 2. The Morgan fingerprint density at radius 1 is 1.25 bits per heavy atom. The maximum atomic E-state index is 4.34. The Bertz CT molecular complexity index is 347. The maximum absolute atomic E-state index is 4.34. The molecule has 0 saturated heterocycles. The predicted molar refractivity (Wildman–Crippen MR) is 66.8 cm³/mol. The molecular formula is C12H20N4. The smallest absolute Gasteiger partial charge is 0.134 e. The zero-order valence-corrected chi connectivity index (χ0v) is 10.1. The van der Waals surface area contributed by atoms with Crippen LogP contribution in [0.5, 0.6) is 0 Å². The van der Waals surface area contributed by atoms with Crippen LogP contribution in [0.2, 0.25) is 0 Å². The normalized spacial score (nSPS) is 14.9. The van der Waals surface area contributed by atoms with Gasteiger partial charge in [0.15, 0.2) is 0 Å².